The topological polar surface area (TPSA) is 73.1 Å². The van der Waals surface area contributed by atoms with Crippen LogP contribution in [0.3, 0.4) is 0 Å². The zero-order valence-electron chi connectivity index (χ0n) is 10.2. The van der Waals surface area contributed by atoms with Crippen LogP contribution in [0.1, 0.15) is 17.2 Å². The Morgan fingerprint density at radius 3 is 2.44 bits per heavy atom. The first kappa shape index (κ1) is 12.5. The van der Waals surface area contributed by atoms with E-state index in [1.165, 1.54) is 11.9 Å². The Hall–Kier alpha value is -1.98. The van der Waals surface area contributed by atoms with Gasteiger partial charge in [0.25, 0.3) is 0 Å². The number of ether oxygens (including phenoxy) is 1. The third kappa shape index (κ3) is 3.03. The molecule has 0 fully saturated rings. The van der Waals surface area contributed by atoms with Crippen LogP contribution >= 0.6 is 0 Å². The molecule has 94 valence electrons. The van der Waals surface area contributed by atoms with Gasteiger partial charge in [0.05, 0.1) is 13.2 Å². The van der Waals surface area contributed by atoms with Crippen molar-refractivity contribution in [1.29, 1.82) is 0 Å². The lowest BCUT2D eigenvalue weighted by Gasteiger charge is -2.15. The standard InChI is InChI=1S/C13H16N4O/c1-18-12-4-2-10(3-5-12)6-13(17-14)11-7-15-9-16-8-11/h2-5,7-9,13,17H,6,14H2,1H3. The number of hydrogen-bond acceptors (Lipinski definition) is 5. The van der Waals surface area contributed by atoms with Gasteiger partial charge >= 0.3 is 0 Å². The molecule has 1 unspecified atom stereocenters. The summed E-state index contributed by atoms with van der Waals surface area (Å²) in [5.74, 6) is 6.42. The minimum atomic E-state index is -0.000375. The lowest BCUT2D eigenvalue weighted by Crippen LogP contribution is -2.29. The average Bonchev–Trinajstić information content (AvgIpc) is 2.46. The first-order valence-electron chi connectivity index (χ1n) is 5.67. The molecule has 1 heterocycles. The van der Waals surface area contributed by atoms with Gasteiger partial charge in [-0.15, -0.1) is 0 Å². The van der Waals surface area contributed by atoms with Gasteiger partial charge in [-0.1, -0.05) is 12.1 Å². The Labute approximate surface area is 106 Å². The fraction of sp³-hybridized carbons (Fsp3) is 0.231. The SMILES string of the molecule is COc1ccc(CC(NN)c2cncnc2)cc1. The summed E-state index contributed by atoms with van der Waals surface area (Å²) in [4.78, 5) is 7.99. The number of methoxy groups -OCH3 is 1. The van der Waals surface area contributed by atoms with E-state index in [4.69, 9.17) is 10.6 Å². The zero-order valence-corrected chi connectivity index (χ0v) is 10.2. The van der Waals surface area contributed by atoms with E-state index in [9.17, 15) is 0 Å². The Morgan fingerprint density at radius 1 is 1.22 bits per heavy atom. The fourth-order valence-electron chi connectivity index (χ4n) is 1.76. The van der Waals surface area contributed by atoms with Crippen LogP contribution in [0.5, 0.6) is 5.75 Å². The van der Waals surface area contributed by atoms with Gasteiger partial charge < -0.3 is 4.74 Å². The summed E-state index contributed by atoms with van der Waals surface area (Å²) in [6.45, 7) is 0. The van der Waals surface area contributed by atoms with Crippen LogP contribution in [-0.2, 0) is 6.42 Å². The lowest BCUT2D eigenvalue weighted by molar-refractivity contribution is 0.414. The van der Waals surface area contributed by atoms with Crippen molar-refractivity contribution in [3.8, 4) is 5.75 Å². The molecule has 0 saturated heterocycles. The predicted molar refractivity (Wildman–Crippen MR) is 68.8 cm³/mol. The van der Waals surface area contributed by atoms with Crippen molar-refractivity contribution < 1.29 is 4.74 Å². The van der Waals surface area contributed by atoms with Gasteiger partial charge in [-0.3, -0.25) is 11.3 Å². The number of aromatic nitrogens is 2. The molecule has 1 atom stereocenters. The van der Waals surface area contributed by atoms with Gasteiger partial charge in [-0.25, -0.2) is 9.97 Å². The molecule has 0 radical (unpaired) electrons. The van der Waals surface area contributed by atoms with Gasteiger partial charge in [-0.2, -0.15) is 0 Å². The second-order valence-corrected chi connectivity index (χ2v) is 3.94. The molecule has 0 aliphatic carbocycles. The highest BCUT2D eigenvalue weighted by molar-refractivity contribution is 5.28. The minimum absolute atomic E-state index is 0.000375. The Bertz CT molecular complexity index is 472. The van der Waals surface area contributed by atoms with Crippen molar-refractivity contribution in [1.82, 2.24) is 15.4 Å². The predicted octanol–water partition coefficient (Wildman–Crippen LogP) is 1.23. The lowest BCUT2D eigenvalue weighted by atomic mass is 10.0. The molecule has 3 N–H and O–H groups in total. The number of nitrogens with one attached hydrogen (secondary N) is 1. The summed E-state index contributed by atoms with van der Waals surface area (Å²) >= 11 is 0. The molecule has 1 aromatic heterocycles. The van der Waals surface area contributed by atoms with E-state index in [0.717, 1.165) is 17.7 Å². The molecular weight excluding hydrogens is 228 g/mol. The van der Waals surface area contributed by atoms with E-state index in [1.807, 2.05) is 24.3 Å². The smallest absolute Gasteiger partial charge is 0.118 e. The van der Waals surface area contributed by atoms with Crippen molar-refractivity contribution in [2.24, 2.45) is 5.84 Å². The van der Waals surface area contributed by atoms with Crippen molar-refractivity contribution in [3.05, 3.63) is 54.1 Å². The van der Waals surface area contributed by atoms with Crippen LogP contribution < -0.4 is 16.0 Å². The van der Waals surface area contributed by atoms with Crippen molar-refractivity contribution in [3.63, 3.8) is 0 Å². The summed E-state index contributed by atoms with van der Waals surface area (Å²) < 4.78 is 5.12. The molecule has 0 bridgehead atoms. The number of benzene rings is 1. The van der Waals surface area contributed by atoms with Gasteiger partial charge in [-0.05, 0) is 24.1 Å². The normalized spacial score (nSPS) is 12.1. The quantitative estimate of drug-likeness (QED) is 0.611. The van der Waals surface area contributed by atoms with Crippen LogP contribution in [-0.4, -0.2) is 17.1 Å². The fourth-order valence-corrected chi connectivity index (χ4v) is 1.76. The Morgan fingerprint density at radius 2 is 1.89 bits per heavy atom. The number of nitrogens with zero attached hydrogens (tertiary/aromatic N) is 2. The molecule has 0 spiro atoms. The number of hydrazine groups is 1. The molecule has 0 aliphatic heterocycles. The third-order valence-electron chi connectivity index (χ3n) is 2.78. The van der Waals surface area contributed by atoms with E-state index in [0.29, 0.717) is 0 Å². The van der Waals surface area contributed by atoms with Gasteiger partial charge in [0.15, 0.2) is 0 Å². The van der Waals surface area contributed by atoms with Crippen LogP contribution in [0.15, 0.2) is 43.0 Å². The average molecular weight is 244 g/mol. The van der Waals surface area contributed by atoms with E-state index >= 15 is 0 Å². The second kappa shape index (κ2) is 6.09. The van der Waals surface area contributed by atoms with Gasteiger partial charge in [0.1, 0.15) is 12.1 Å². The maximum Gasteiger partial charge on any atom is 0.118 e. The number of nitrogens with two attached hydrogens (primary N) is 1. The van der Waals surface area contributed by atoms with Crippen LogP contribution in [0.4, 0.5) is 0 Å². The third-order valence-corrected chi connectivity index (χ3v) is 2.78. The van der Waals surface area contributed by atoms with E-state index in [1.54, 1.807) is 19.5 Å². The van der Waals surface area contributed by atoms with Crippen molar-refractivity contribution in [2.45, 2.75) is 12.5 Å². The molecule has 0 saturated carbocycles. The molecule has 5 heteroatoms. The minimum Gasteiger partial charge on any atom is -0.497 e. The Balaban J connectivity index is 2.10. The molecular formula is C13H16N4O. The van der Waals surface area contributed by atoms with Crippen molar-refractivity contribution in [2.75, 3.05) is 7.11 Å². The highest BCUT2D eigenvalue weighted by atomic mass is 16.5. The van der Waals surface area contributed by atoms with Gasteiger partial charge in [0.2, 0.25) is 0 Å². The van der Waals surface area contributed by atoms with Gasteiger partial charge in [0, 0.05) is 18.0 Å². The molecule has 0 aliphatic rings. The first-order valence-corrected chi connectivity index (χ1v) is 5.67. The van der Waals surface area contributed by atoms with E-state index in [2.05, 4.69) is 15.4 Å². The Kier molecular flexibility index (Phi) is 4.22. The zero-order chi connectivity index (χ0) is 12.8. The maximum absolute atomic E-state index is 5.58. The highest BCUT2D eigenvalue weighted by Gasteiger charge is 2.10. The molecule has 0 amide bonds. The summed E-state index contributed by atoms with van der Waals surface area (Å²) in [6.07, 6.45) is 5.81. The largest absolute Gasteiger partial charge is 0.497 e. The number of hydrogen-bond donors (Lipinski definition) is 2. The summed E-state index contributed by atoms with van der Waals surface area (Å²) in [5.41, 5.74) is 4.92. The van der Waals surface area contributed by atoms with E-state index < -0.39 is 0 Å². The summed E-state index contributed by atoms with van der Waals surface area (Å²) in [7, 11) is 1.65. The number of rotatable bonds is 5. The summed E-state index contributed by atoms with van der Waals surface area (Å²) in [6, 6.07) is 7.91. The molecule has 18 heavy (non-hydrogen) atoms. The molecule has 2 aromatic rings. The van der Waals surface area contributed by atoms with E-state index in [-0.39, 0.29) is 6.04 Å². The summed E-state index contributed by atoms with van der Waals surface area (Å²) in [5, 5.41) is 0. The molecule has 5 nitrogen and oxygen atoms in total. The molecule has 1 aromatic carbocycles. The second-order valence-electron chi connectivity index (χ2n) is 3.94. The van der Waals surface area contributed by atoms with Crippen molar-refractivity contribution >= 4 is 0 Å². The highest BCUT2D eigenvalue weighted by Crippen LogP contribution is 2.18. The van der Waals surface area contributed by atoms with Crippen LogP contribution in [0, 0.1) is 0 Å². The molecule has 2 rings (SSSR count). The van der Waals surface area contributed by atoms with Crippen LogP contribution in [0.25, 0.3) is 0 Å². The maximum atomic E-state index is 5.58. The first-order chi connectivity index (χ1) is 8.83. The monoisotopic (exact) mass is 244 g/mol. The van der Waals surface area contributed by atoms with Crippen LogP contribution in [0.2, 0.25) is 0 Å².